The van der Waals surface area contributed by atoms with Gasteiger partial charge in [0.1, 0.15) is 0 Å². The number of nitrogens with one attached hydrogen (secondary N) is 4. The second-order valence-corrected chi connectivity index (χ2v) is 12.6. The van der Waals surface area contributed by atoms with E-state index in [1.54, 1.807) is 4.90 Å². The second kappa shape index (κ2) is 23.0. The van der Waals surface area contributed by atoms with Crippen molar-refractivity contribution in [2.24, 2.45) is 0 Å². The van der Waals surface area contributed by atoms with E-state index in [0.29, 0.717) is 25.7 Å². The van der Waals surface area contributed by atoms with Gasteiger partial charge in [0.05, 0.1) is 39.4 Å². The van der Waals surface area contributed by atoms with Crippen LogP contribution in [0.2, 0.25) is 0 Å². The topological polar surface area (TPSA) is 218 Å². The molecular formula is C29H50N7O10P. The summed E-state index contributed by atoms with van der Waals surface area (Å²) in [7, 11) is 0.793. The molecule has 18 heteroatoms. The third-order valence-corrected chi connectivity index (χ3v) is 9.18. The fraction of sp³-hybridized carbons (Fsp3) is 0.759. The maximum Gasteiger partial charge on any atom is 0.396 e. The van der Waals surface area contributed by atoms with Gasteiger partial charge in [0.25, 0.3) is 8.53 Å². The Morgan fingerprint density at radius 3 is 1.66 bits per heavy atom. The molecule has 0 aromatic carbocycles. The first-order valence-electron chi connectivity index (χ1n) is 15.6. The molecule has 0 radical (unpaired) electrons. The molecule has 17 nitrogen and oxygen atoms in total. The maximum absolute atomic E-state index is 12.6. The SMILES string of the molecule is COC(=O)C(=O)NCCN(CCNC(=O)C(=O)NC1CCC(OP(OCCC#N)N(C(C)C)C(C)C)CC1)CCNC(=O)C(=O)OC. The quantitative estimate of drug-likeness (QED) is 0.0631. The summed E-state index contributed by atoms with van der Waals surface area (Å²) in [5.74, 6) is -5.50. The minimum Gasteiger partial charge on any atom is -0.462 e. The van der Waals surface area contributed by atoms with Crippen LogP contribution in [0.15, 0.2) is 0 Å². The highest BCUT2D eigenvalue weighted by molar-refractivity contribution is 7.44. The molecule has 1 unspecified atom stereocenters. The molecule has 47 heavy (non-hydrogen) atoms. The van der Waals surface area contributed by atoms with Crippen LogP contribution in [0.3, 0.4) is 0 Å². The van der Waals surface area contributed by atoms with Gasteiger partial charge in [0, 0.05) is 57.4 Å². The molecule has 0 aromatic rings. The van der Waals surface area contributed by atoms with Crippen LogP contribution >= 0.6 is 8.53 Å². The van der Waals surface area contributed by atoms with Crippen molar-refractivity contribution in [2.75, 3.05) is 60.1 Å². The third-order valence-electron chi connectivity index (χ3n) is 7.00. The molecule has 0 bridgehead atoms. The number of esters is 2. The molecule has 4 amide bonds. The van der Waals surface area contributed by atoms with E-state index >= 15 is 0 Å². The summed E-state index contributed by atoms with van der Waals surface area (Å²) in [6.45, 7) is 9.43. The van der Waals surface area contributed by atoms with Gasteiger partial charge in [-0.1, -0.05) is 0 Å². The lowest BCUT2D eigenvalue weighted by Gasteiger charge is -2.38. The Labute approximate surface area is 277 Å². The molecule has 4 N–H and O–H groups in total. The molecule has 0 saturated heterocycles. The number of methoxy groups -OCH3 is 2. The van der Waals surface area contributed by atoms with Crippen molar-refractivity contribution < 1.29 is 47.3 Å². The minimum absolute atomic E-state index is 0.0561. The number of carbonyl (C=O) groups excluding carboxylic acids is 6. The first kappa shape index (κ1) is 41.6. The Bertz CT molecular complexity index is 1040. The van der Waals surface area contributed by atoms with E-state index in [-0.39, 0.29) is 76.5 Å². The van der Waals surface area contributed by atoms with Crippen molar-refractivity contribution in [2.45, 2.75) is 84.0 Å². The average Bonchev–Trinajstić information content (AvgIpc) is 3.03. The fourth-order valence-electron chi connectivity index (χ4n) is 4.71. The molecule has 1 atom stereocenters. The van der Waals surface area contributed by atoms with Gasteiger partial charge in [0.15, 0.2) is 0 Å². The second-order valence-electron chi connectivity index (χ2n) is 11.2. The minimum atomic E-state index is -1.37. The number of nitriles is 1. The lowest BCUT2D eigenvalue weighted by atomic mass is 9.93. The molecule has 0 aromatic heterocycles. The Morgan fingerprint density at radius 1 is 0.766 bits per heavy atom. The summed E-state index contributed by atoms with van der Waals surface area (Å²) in [5, 5.41) is 19.1. The van der Waals surface area contributed by atoms with E-state index in [9.17, 15) is 28.8 Å². The summed E-state index contributed by atoms with van der Waals surface area (Å²) in [6, 6.07) is 2.26. The van der Waals surface area contributed by atoms with Gasteiger partial charge in [-0.05, 0) is 53.4 Å². The summed E-state index contributed by atoms with van der Waals surface area (Å²) < 4.78 is 23.3. The Hall–Kier alpha value is -3.42. The van der Waals surface area contributed by atoms with Crippen molar-refractivity contribution in [1.29, 1.82) is 5.26 Å². The molecule has 1 aliphatic rings. The van der Waals surface area contributed by atoms with Gasteiger partial charge in [-0.2, -0.15) is 5.26 Å². The zero-order valence-corrected chi connectivity index (χ0v) is 29.1. The van der Waals surface area contributed by atoms with Gasteiger partial charge < -0.3 is 39.8 Å². The summed E-state index contributed by atoms with van der Waals surface area (Å²) in [6.07, 6.45) is 2.78. The lowest BCUT2D eigenvalue weighted by molar-refractivity contribution is -0.152. The first-order valence-corrected chi connectivity index (χ1v) is 16.8. The van der Waals surface area contributed by atoms with Gasteiger partial charge in [-0.15, -0.1) is 0 Å². The molecule has 1 aliphatic carbocycles. The van der Waals surface area contributed by atoms with Crippen LogP contribution in [0.25, 0.3) is 0 Å². The van der Waals surface area contributed by atoms with Crippen molar-refractivity contribution in [3.05, 3.63) is 0 Å². The number of ether oxygens (including phenoxy) is 2. The summed E-state index contributed by atoms with van der Waals surface area (Å²) in [4.78, 5) is 72.8. The van der Waals surface area contributed by atoms with Gasteiger partial charge in [0.2, 0.25) is 0 Å². The number of nitrogens with zero attached hydrogens (tertiary/aromatic N) is 3. The van der Waals surface area contributed by atoms with E-state index < -0.39 is 44.1 Å². The van der Waals surface area contributed by atoms with Crippen molar-refractivity contribution in [3.63, 3.8) is 0 Å². The standard InChI is InChI=1S/C29H50N7O10P/c1-20(2)36(21(3)4)47(45-19-7-12-30)46-23-10-8-22(9-11-23)34-25(38)24(37)31-13-16-35(17-14-32-26(39)28(41)43-5)18-15-33-27(40)29(42)44-6/h20-23H,7-11,13-19H2,1-6H3,(H,31,37)(H,32,39)(H,33,40)(H,34,38). The predicted octanol–water partition coefficient (Wildman–Crippen LogP) is -0.297. The number of rotatable bonds is 18. The van der Waals surface area contributed by atoms with Gasteiger partial charge in [-0.3, -0.25) is 24.1 Å². The smallest absolute Gasteiger partial charge is 0.396 e. The van der Waals surface area contributed by atoms with Gasteiger partial charge in [-0.25, -0.2) is 14.3 Å². The molecule has 0 heterocycles. The van der Waals surface area contributed by atoms with Crippen LogP contribution in [0.1, 0.15) is 59.8 Å². The molecule has 1 rings (SSSR count). The number of hydrogen-bond donors (Lipinski definition) is 4. The fourth-order valence-corrected chi connectivity index (χ4v) is 6.48. The maximum atomic E-state index is 12.6. The number of carbonyl (C=O) groups is 6. The van der Waals surface area contributed by atoms with Crippen molar-refractivity contribution in [1.82, 2.24) is 30.8 Å². The average molecular weight is 688 g/mol. The zero-order valence-electron chi connectivity index (χ0n) is 28.2. The van der Waals surface area contributed by atoms with E-state index in [2.05, 4.69) is 69.2 Å². The van der Waals surface area contributed by atoms with Crippen LogP contribution in [-0.2, 0) is 47.3 Å². The van der Waals surface area contributed by atoms with Crippen LogP contribution < -0.4 is 21.3 Å². The van der Waals surface area contributed by atoms with E-state index in [4.69, 9.17) is 14.3 Å². The molecular weight excluding hydrogens is 637 g/mol. The largest absolute Gasteiger partial charge is 0.462 e. The summed E-state index contributed by atoms with van der Waals surface area (Å²) in [5.41, 5.74) is 0. The number of hydrogen-bond acceptors (Lipinski definition) is 13. The predicted molar refractivity (Wildman–Crippen MR) is 170 cm³/mol. The summed E-state index contributed by atoms with van der Waals surface area (Å²) >= 11 is 0. The molecule has 1 saturated carbocycles. The van der Waals surface area contributed by atoms with E-state index in [1.807, 2.05) is 0 Å². The zero-order chi connectivity index (χ0) is 35.4. The number of amides is 4. The van der Waals surface area contributed by atoms with Crippen LogP contribution in [0.5, 0.6) is 0 Å². The lowest BCUT2D eigenvalue weighted by Crippen LogP contribution is -2.48. The van der Waals surface area contributed by atoms with Crippen LogP contribution in [0, 0.1) is 11.3 Å². The highest BCUT2D eigenvalue weighted by Crippen LogP contribution is 2.48. The molecule has 0 aliphatic heterocycles. The van der Waals surface area contributed by atoms with E-state index in [1.165, 1.54) is 0 Å². The molecule has 266 valence electrons. The normalized spacial score (nSPS) is 16.7. The Kier molecular flexibility index (Phi) is 20.4. The molecule has 0 spiro atoms. The third kappa shape index (κ3) is 16.3. The van der Waals surface area contributed by atoms with Gasteiger partial charge >= 0.3 is 35.6 Å². The highest BCUT2D eigenvalue weighted by Gasteiger charge is 2.32. The Balaban J connectivity index is 2.58. The first-order chi connectivity index (χ1) is 22.3. The monoisotopic (exact) mass is 687 g/mol. The molecule has 1 fully saturated rings. The van der Waals surface area contributed by atoms with Crippen molar-refractivity contribution >= 4 is 44.1 Å². The highest BCUT2D eigenvalue weighted by atomic mass is 31.2. The van der Waals surface area contributed by atoms with Crippen molar-refractivity contribution in [3.8, 4) is 6.07 Å². The van der Waals surface area contributed by atoms with E-state index in [0.717, 1.165) is 14.2 Å². The van der Waals surface area contributed by atoms with Crippen LogP contribution in [0.4, 0.5) is 0 Å². The van der Waals surface area contributed by atoms with Crippen LogP contribution in [-0.4, -0.2) is 129 Å². The Morgan fingerprint density at radius 2 is 1.23 bits per heavy atom.